The van der Waals surface area contributed by atoms with Crippen molar-refractivity contribution in [2.75, 3.05) is 5.32 Å². The number of fused-ring (bicyclic) bond motifs is 1. The molecule has 4 aromatic heterocycles. The summed E-state index contributed by atoms with van der Waals surface area (Å²) in [5, 5.41) is 12.4. The zero-order chi connectivity index (χ0) is 20.5. The molecule has 0 unspecified atom stereocenters. The van der Waals surface area contributed by atoms with E-state index in [-0.39, 0.29) is 6.04 Å². The van der Waals surface area contributed by atoms with Gasteiger partial charge in [0.1, 0.15) is 23.5 Å². The lowest BCUT2D eigenvalue weighted by atomic mass is 10.1. The van der Waals surface area contributed by atoms with Crippen molar-refractivity contribution in [2.24, 2.45) is 0 Å². The first-order valence-corrected chi connectivity index (χ1v) is 9.90. The summed E-state index contributed by atoms with van der Waals surface area (Å²) in [6.07, 6.45) is 5.49. The molecule has 1 aromatic carbocycles. The second-order valence-electron chi connectivity index (χ2n) is 7.38. The van der Waals surface area contributed by atoms with Gasteiger partial charge >= 0.3 is 0 Å². The Balaban J connectivity index is 1.54. The summed E-state index contributed by atoms with van der Waals surface area (Å²) in [5.74, 6) is 0.835. The Hall–Kier alpha value is -3.94. The molecular formula is C22H22N8. The predicted octanol–water partition coefficient (Wildman–Crippen LogP) is 4.18. The van der Waals surface area contributed by atoms with Gasteiger partial charge in [0.15, 0.2) is 5.65 Å². The molecule has 150 valence electrons. The number of anilines is 1. The van der Waals surface area contributed by atoms with E-state index in [0.717, 1.165) is 39.8 Å². The molecule has 0 fully saturated rings. The van der Waals surface area contributed by atoms with Crippen molar-refractivity contribution >= 4 is 11.3 Å². The highest BCUT2D eigenvalue weighted by molar-refractivity contribution is 5.76. The van der Waals surface area contributed by atoms with Crippen LogP contribution in [0.15, 0.2) is 67.3 Å². The SMILES string of the molecule is CC(C)n1ccc(-c2nc(CNc3ccccc3)[nH]c2-c2ccc3ncnn3c2)n1. The van der Waals surface area contributed by atoms with E-state index in [9.17, 15) is 0 Å². The van der Waals surface area contributed by atoms with Crippen LogP contribution in [0.4, 0.5) is 5.69 Å². The van der Waals surface area contributed by atoms with Crippen molar-refractivity contribution in [1.82, 2.24) is 34.3 Å². The van der Waals surface area contributed by atoms with E-state index in [4.69, 9.17) is 10.1 Å². The third-order valence-corrected chi connectivity index (χ3v) is 4.93. The molecule has 8 heteroatoms. The van der Waals surface area contributed by atoms with Crippen LogP contribution in [0.3, 0.4) is 0 Å². The molecule has 30 heavy (non-hydrogen) atoms. The van der Waals surface area contributed by atoms with Crippen LogP contribution in [-0.2, 0) is 6.54 Å². The topological polar surface area (TPSA) is 88.7 Å². The minimum Gasteiger partial charge on any atom is -0.378 e. The number of aromatic amines is 1. The van der Waals surface area contributed by atoms with Crippen LogP contribution >= 0.6 is 0 Å². The number of para-hydroxylation sites is 1. The van der Waals surface area contributed by atoms with E-state index in [1.807, 2.05) is 65.6 Å². The number of hydrogen-bond acceptors (Lipinski definition) is 5. The van der Waals surface area contributed by atoms with E-state index >= 15 is 0 Å². The highest BCUT2D eigenvalue weighted by atomic mass is 15.3. The van der Waals surface area contributed by atoms with Crippen LogP contribution in [0, 0.1) is 0 Å². The summed E-state index contributed by atoms with van der Waals surface area (Å²) in [4.78, 5) is 12.6. The quantitative estimate of drug-likeness (QED) is 0.448. The maximum Gasteiger partial charge on any atom is 0.155 e. The largest absolute Gasteiger partial charge is 0.378 e. The summed E-state index contributed by atoms with van der Waals surface area (Å²) in [7, 11) is 0. The Kier molecular flexibility index (Phi) is 4.51. The second kappa shape index (κ2) is 7.47. The third-order valence-electron chi connectivity index (χ3n) is 4.93. The summed E-state index contributed by atoms with van der Waals surface area (Å²) < 4.78 is 3.70. The van der Waals surface area contributed by atoms with Crippen molar-refractivity contribution in [1.29, 1.82) is 0 Å². The number of nitrogens with one attached hydrogen (secondary N) is 2. The Morgan fingerprint density at radius 3 is 2.73 bits per heavy atom. The minimum absolute atomic E-state index is 0.284. The molecule has 0 saturated heterocycles. The molecule has 0 aliphatic heterocycles. The van der Waals surface area contributed by atoms with Crippen LogP contribution in [0.25, 0.3) is 28.3 Å². The van der Waals surface area contributed by atoms with Gasteiger partial charge in [-0.1, -0.05) is 18.2 Å². The molecule has 4 heterocycles. The van der Waals surface area contributed by atoms with Crippen LogP contribution < -0.4 is 5.32 Å². The lowest BCUT2D eigenvalue weighted by Crippen LogP contribution is -2.01. The zero-order valence-corrected chi connectivity index (χ0v) is 16.8. The monoisotopic (exact) mass is 398 g/mol. The van der Waals surface area contributed by atoms with Gasteiger partial charge in [-0.15, -0.1) is 0 Å². The smallest absolute Gasteiger partial charge is 0.155 e. The minimum atomic E-state index is 0.284. The molecule has 5 aromatic rings. The number of hydrogen-bond donors (Lipinski definition) is 2. The second-order valence-corrected chi connectivity index (χ2v) is 7.38. The van der Waals surface area contributed by atoms with E-state index in [2.05, 4.69) is 34.2 Å². The molecule has 8 nitrogen and oxygen atoms in total. The molecule has 0 aliphatic carbocycles. The highest BCUT2D eigenvalue weighted by Crippen LogP contribution is 2.30. The molecule has 0 aliphatic rings. The van der Waals surface area contributed by atoms with Crippen LogP contribution in [0.5, 0.6) is 0 Å². The number of imidazole rings is 1. The average Bonchev–Trinajstić information content (AvgIpc) is 3.51. The Morgan fingerprint density at radius 1 is 1.07 bits per heavy atom. The van der Waals surface area contributed by atoms with E-state index in [1.54, 1.807) is 10.8 Å². The molecule has 2 N–H and O–H groups in total. The van der Waals surface area contributed by atoms with Gasteiger partial charge in [-0.25, -0.2) is 14.5 Å². The van der Waals surface area contributed by atoms with Gasteiger partial charge in [-0.2, -0.15) is 10.2 Å². The molecule has 0 saturated carbocycles. The standard InChI is InChI=1S/C22H22N8/c1-15(2)29-11-10-18(28-29)22-21(16-8-9-20-24-14-25-30(20)13-16)26-19(27-22)12-23-17-6-4-3-5-7-17/h3-11,13-15,23H,12H2,1-2H3,(H,26,27). The van der Waals surface area contributed by atoms with Crippen LogP contribution in [-0.4, -0.2) is 34.3 Å². The Morgan fingerprint density at radius 2 is 1.93 bits per heavy atom. The number of nitrogens with zero attached hydrogens (tertiary/aromatic N) is 6. The number of benzene rings is 1. The molecule has 0 bridgehead atoms. The van der Waals surface area contributed by atoms with Gasteiger partial charge in [-0.3, -0.25) is 4.68 Å². The zero-order valence-electron chi connectivity index (χ0n) is 16.8. The Labute approximate surface area is 173 Å². The predicted molar refractivity (Wildman–Crippen MR) is 116 cm³/mol. The normalized spacial score (nSPS) is 11.4. The molecular weight excluding hydrogens is 376 g/mol. The van der Waals surface area contributed by atoms with Gasteiger partial charge in [-0.05, 0) is 44.2 Å². The summed E-state index contributed by atoms with van der Waals surface area (Å²) in [6.45, 7) is 4.79. The highest BCUT2D eigenvalue weighted by Gasteiger charge is 2.17. The van der Waals surface area contributed by atoms with Crippen molar-refractivity contribution in [3.05, 3.63) is 73.1 Å². The molecule has 5 rings (SSSR count). The number of rotatable bonds is 6. The van der Waals surface area contributed by atoms with Gasteiger partial charge in [0.05, 0.1) is 12.2 Å². The van der Waals surface area contributed by atoms with Gasteiger partial charge in [0.25, 0.3) is 0 Å². The fraction of sp³-hybridized carbons (Fsp3) is 0.182. The summed E-state index contributed by atoms with van der Waals surface area (Å²) in [6, 6.07) is 16.3. The first-order chi connectivity index (χ1) is 14.7. The first kappa shape index (κ1) is 18.1. The van der Waals surface area contributed by atoms with E-state index < -0.39 is 0 Å². The summed E-state index contributed by atoms with van der Waals surface area (Å²) >= 11 is 0. The fourth-order valence-corrected chi connectivity index (χ4v) is 3.36. The molecule has 0 atom stereocenters. The van der Waals surface area contributed by atoms with Crippen molar-refractivity contribution < 1.29 is 0 Å². The third kappa shape index (κ3) is 3.43. The lowest BCUT2D eigenvalue weighted by Gasteiger charge is -2.04. The molecule has 0 radical (unpaired) electrons. The fourth-order valence-electron chi connectivity index (χ4n) is 3.36. The van der Waals surface area contributed by atoms with Gasteiger partial charge < -0.3 is 10.3 Å². The maximum absolute atomic E-state index is 4.87. The molecule has 0 amide bonds. The van der Waals surface area contributed by atoms with Gasteiger partial charge in [0.2, 0.25) is 0 Å². The van der Waals surface area contributed by atoms with Crippen LogP contribution in [0.2, 0.25) is 0 Å². The summed E-state index contributed by atoms with van der Waals surface area (Å²) in [5.41, 5.74) is 5.38. The average molecular weight is 398 g/mol. The van der Waals surface area contributed by atoms with E-state index in [0.29, 0.717) is 6.54 Å². The van der Waals surface area contributed by atoms with Crippen molar-refractivity contribution in [3.63, 3.8) is 0 Å². The Bertz CT molecular complexity index is 1280. The van der Waals surface area contributed by atoms with Crippen molar-refractivity contribution in [3.8, 4) is 22.6 Å². The molecule has 0 spiro atoms. The van der Waals surface area contributed by atoms with Crippen molar-refractivity contribution in [2.45, 2.75) is 26.4 Å². The number of H-pyrrole nitrogens is 1. The van der Waals surface area contributed by atoms with Crippen LogP contribution in [0.1, 0.15) is 25.7 Å². The lowest BCUT2D eigenvalue weighted by molar-refractivity contribution is 0.534. The number of aromatic nitrogens is 7. The van der Waals surface area contributed by atoms with E-state index in [1.165, 1.54) is 0 Å². The maximum atomic E-state index is 4.87. The first-order valence-electron chi connectivity index (χ1n) is 9.90. The van der Waals surface area contributed by atoms with Gasteiger partial charge in [0, 0.05) is 29.7 Å². The number of pyridine rings is 1.